The van der Waals surface area contributed by atoms with Crippen LogP contribution in [0, 0.1) is 5.92 Å². The van der Waals surface area contributed by atoms with Crippen LogP contribution < -0.4 is 39.6 Å². The number of phosphoric ester groups is 1. The Morgan fingerprint density at radius 3 is 2.10 bits per heavy atom. The number of nitrogens with zero attached hydrogens (tertiary/aromatic N) is 1. The number of aliphatic hydroxyl groups is 5. The molecule has 28 heteroatoms. The first-order valence-electron chi connectivity index (χ1n) is 28.3. The molecule has 11 atom stereocenters. The van der Waals surface area contributed by atoms with Crippen molar-refractivity contribution in [2.24, 2.45) is 5.92 Å². The highest BCUT2D eigenvalue weighted by Crippen LogP contribution is 2.70. The van der Waals surface area contributed by atoms with E-state index in [-0.39, 0.29) is 80.0 Å². The van der Waals surface area contributed by atoms with Crippen LogP contribution in [0.5, 0.6) is 28.7 Å². The number of anilines is 1. The fourth-order valence-electron chi connectivity index (χ4n) is 10.8. The molecule has 0 spiro atoms. The van der Waals surface area contributed by atoms with E-state index < -0.39 is 97.5 Å². The van der Waals surface area contributed by atoms with Gasteiger partial charge in [-0.05, 0) is 71.5 Å². The normalized spacial score (nSPS) is 24.1. The summed E-state index contributed by atoms with van der Waals surface area (Å²) in [6.45, 7) is -0.0478. The molecule has 2 aliphatic heterocycles. The Morgan fingerprint density at radius 2 is 1.44 bits per heavy atom. The molecule has 3 amide bonds. The fraction of sp³-hybridized carbons (Fsp3) is 0.426. The van der Waals surface area contributed by atoms with E-state index in [1.165, 1.54) is 69.9 Å². The zero-order chi connectivity index (χ0) is 64.4. The summed E-state index contributed by atoms with van der Waals surface area (Å²) >= 11 is 0. The summed E-state index contributed by atoms with van der Waals surface area (Å²) < 4.78 is 69.0. The molecule has 0 bridgehead atoms. The molecular formula is C61H74N4O23P+. The van der Waals surface area contributed by atoms with Crippen LogP contribution in [0.1, 0.15) is 63.4 Å². The third-order valence-electron chi connectivity index (χ3n) is 15.3. The van der Waals surface area contributed by atoms with Gasteiger partial charge in [-0.15, -0.1) is 0 Å². The Labute approximate surface area is 512 Å². The first kappa shape index (κ1) is 67.0. The summed E-state index contributed by atoms with van der Waals surface area (Å²) in [7, 11) is 5.46. The van der Waals surface area contributed by atoms with E-state index in [4.69, 9.17) is 46.9 Å². The highest BCUT2D eigenvalue weighted by atomic mass is 31.2. The number of quaternary nitrogens is 1. The Morgan fingerprint density at radius 1 is 0.730 bits per heavy atom. The predicted molar refractivity (Wildman–Crippen MR) is 313 cm³/mol. The number of rotatable bonds is 28. The Kier molecular flexibility index (Phi) is 21.6. The van der Waals surface area contributed by atoms with Crippen molar-refractivity contribution in [3.8, 4) is 28.7 Å². The van der Waals surface area contributed by atoms with E-state index in [2.05, 4.69) is 16.0 Å². The number of benzene rings is 5. The number of alkyl carbamates (subject to hydrolysis) is 1. The highest BCUT2D eigenvalue weighted by Gasteiger charge is 2.78. The zero-order valence-corrected chi connectivity index (χ0v) is 50.5. The third kappa shape index (κ3) is 15.2. The lowest BCUT2D eigenvalue weighted by atomic mass is 9.70. The highest BCUT2D eigenvalue weighted by molar-refractivity contribution is 7.47. The summed E-state index contributed by atoms with van der Waals surface area (Å²) in [5, 5.41) is 74.2. The lowest BCUT2D eigenvalue weighted by Crippen LogP contribution is -2.61. The second kappa shape index (κ2) is 28.7. The van der Waals surface area contributed by atoms with E-state index in [9.17, 15) is 64.1 Å². The van der Waals surface area contributed by atoms with Crippen molar-refractivity contribution in [1.29, 1.82) is 0 Å². The molecule has 27 nitrogen and oxygen atoms in total. The molecule has 0 aromatic heterocycles. The molecule has 5 aromatic rings. The van der Waals surface area contributed by atoms with Crippen LogP contribution in [0.3, 0.4) is 0 Å². The van der Waals surface area contributed by atoms with Crippen LogP contribution in [0.15, 0.2) is 109 Å². The number of aliphatic carboxylic acids is 1. The van der Waals surface area contributed by atoms with Gasteiger partial charge < -0.3 is 93.9 Å². The van der Waals surface area contributed by atoms with Gasteiger partial charge in [-0.3, -0.25) is 23.4 Å². The van der Waals surface area contributed by atoms with Crippen molar-refractivity contribution in [1.82, 2.24) is 10.6 Å². The van der Waals surface area contributed by atoms with Crippen molar-refractivity contribution in [2.75, 3.05) is 80.6 Å². The minimum atomic E-state index is -4.34. The molecule has 8 rings (SSSR count). The average molecular weight is 1260 g/mol. The molecule has 89 heavy (non-hydrogen) atoms. The summed E-state index contributed by atoms with van der Waals surface area (Å²) in [6, 6.07) is 28.8. The number of fused-ring (bicyclic) bond motifs is 3. The van der Waals surface area contributed by atoms with Gasteiger partial charge in [-0.1, -0.05) is 60.7 Å². The first-order valence-corrected chi connectivity index (χ1v) is 29.8. The molecule has 2 heterocycles. The Balaban J connectivity index is 0.865. The number of carbonyl (C=O) groups excluding carboxylic acids is 4. The lowest BCUT2D eigenvalue weighted by Gasteiger charge is -2.40. The van der Waals surface area contributed by atoms with Gasteiger partial charge in [0.05, 0.1) is 72.9 Å². The number of methoxy groups -OCH3 is 3. The van der Waals surface area contributed by atoms with E-state index in [1.54, 1.807) is 60.7 Å². The molecule has 3 unspecified atom stereocenters. The molecular weight excluding hydrogens is 1190 g/mol. The number of hydrogen-bond acceptors (Lipinski definition) is 21. The number of carbonyl (C=O) groups is 5. The van der Waals surface area contributed by atoms with Crippen LogP contribution >= 0.6 is 7.82 Å². The van der Waals surface area contributed by atoms with Crippen LogP contribution in [-0.4, -0.2) is 182 Å². The van der Waals surface area contributed by atoms with Gasteiger partial charge in [-0.2, -0.15) is 0 Å². The lowest BCUT2D eigenvalue weighted by molar-refractivity contribution is -0.870. The molecule has 1 saturated heterocycles. The molecule has 480 valence electrons. The Hall–Kier alpha value is -7.92. The molecule has 10 N–H and O–H groups in total. The van der Waals surface area contributed by atoms with Crippen LogP contribution in [0.4, 0.5) is 10.5 Å². The topological polar surface area (TPSA) is 372 Å². The SMILES string of the molecule is COC(=O)[C@@H]1C(c2ccccc2)[C@]2(c3ccc(OC)cc3)Oc3cc(OCCCCNC(=O)OCc4ccc(OC5O[C@H](C(=O)O)[C@@H](O)[C@H](O)[C@H]5O)c(NC(=O)CCNC(=O)c5ccc(COP(=O)(O)OCC[N+](C)(C)C)cc5)c4)cc(OC)c3[C@]2(O)[C@@H]1O. The average Bonchev–Trinajstić information content (AvgIpc) is 1.50. The summed E-state index contributed by atoms with van der Waals surface area (Å²) in [5.74, 6) is -5.06. The Bertz CT molecular complexity index is 3350. The number of carboxylic acids is 1. The van der Waals surface area contributed by atoms with Crippen LogP contribution in [0.2, 0.25) is 0 Å². The number of carboxylic acid groups (broad SMARTS) is 1. The quantitative estimate of drug-likeness (QED) is 0.0148. The molecule has 5 aromatic carbocycles. The minimum Gasteiger partial charge on any atom is -0.497 e. The summed E-state index contributed by atoms with van der Waals surface area (Å²) in [6.07, 6.45) is -11.9. The summed E-state index contributed by atoms with van der Waals surface area (Å²) in [5.41, 5.74) is -2.07. The largest absolute Gasteiger partial charge is 0.497 e. The van der Waals surface area contributed by atoms with Crippen LogP contribution in [0.25, 0.3) is 0 Å². The van der Waals surface area contributed by atoms with E-state index in [0.717, 1.165) is 0 Å². The van der Waals surface area contributed by atoms with E-state index in [1.807, 2.05) is 21.1 Å². The molecule has 2 fully saturated rings. The zero-order valence-electron chi connectivity index (χ0n) is 49.6. The maximum Gasteiger partial charge on any atom is 0.472 e. The second-order valence-corrected chi connectivity index (χ2v) is 23.7. The van der Waals surface area contributed by atoms with Crippen LogP contribution in [-0.2, 0) is 66.6 Å². The second-order valence-electron chi connectivity index (χ2n) is 22.3. The van der Waals surface area contributed by atoms with E-state index >= 15 is 0 Å². The number of nitrogens with one attached hydrogen (secondary N) is 3. The number of aliphatic hydroxyl groups excluding tert-OH is 4. The number of likely N-dealkylation sites (N-methyl/N-ethyl adjacent to an activating group) is 1. The number of phosphoric acid groups is 1. The van der Waals surface area contributed by atoms with Gasteiger partial charge in [0.25, 0.3) is 5.91 Å². The van der Waals surface area contributed by atoms with Gasteiger partial charge >= 0.3 is 25.9 Å². The maximum absolute atomic E-state index is 13.6. The predicted octanol–water partition coefficient (Wildman–Crippen LogP) is 3.58. The smallest absolute Gasteiger partial charge is 0.472 e. The van der Waals surface area contributed by atoms with Gasteiger partial charge in [0.1, 0.15) is 72.9 Å². The maximum atomic E-state index is 13.6. The molecule has 0 radical (unpaired) electrons. The number of hydrogen-bond donors (Lipinski definition) is 10. The summed E-state index contributed by atoms with van der Waals surface area (Å²) in [4.78, 5) is 74.8. The molecule has 1 aliphatic carbocycles. The van der Waals surface area contributed by atoms with Gasteiger partial charge in [-0.25, -0.2) is 14.2 Å². The van der Waals surface area contributed by atoms with Gasteiger partial charge in [0.15, 0.2) is 17.3 Å². The van der Waals surface area contributed by atoms with Crippen molar-refractivity contribution in [3.63, 3.8) is 0 Å². The monoisotopic (exact) mass is 1260 g/mol. The number of amides is 3. The van der Waals surface area contributed by atoms with Gasteiger partial charge in [0, 0.05) is 43.1 Å². The van der Waals surface area contributed by atoms with E-state index in [0.29, 0.717) is 57.6 Å². The van der Waals surface area contributed by atoms with Crippen molar-refractivity contribution >= 4 is 43.4 Å². The first-order chi connectivity index (χ1) is 42.3. The van der Waals surface area contributed by atoms with Gasteiger partial charge in [0.2, 0.25) is 12.2 Å². The third-order valence-corrected chi connectivity index (χ3v) is 16.3. The van der Waals surface area contributed by atoms with Crippen molar-refractivity contribution in [3.05, 3.63) is 143 Å². The molecule has 3 aliphatic rings. The van der Waals surface area contributed by atoms with Crippen molar-refractivity contribution < 1.29 is 115 Å². The number of unbranched alkanes of at least 4 members (excludes halogenated alkanes) is 1. The standard InChI is InChI=1S/C61H73N4O23P/c1-65(2,3)27-29-84-89(77,78)85-34-35-14-17-38(18-15-35)55(71)62-26-24-46(66)64-42-30-36(16-23-43(42)86-58-52(69)50(67)51(68)53(87-58)56(72)73)33-83-59(75)63-25-10-11-28-82-41-31-44(80-5)49-45(32-41)88-61(39-19-21-40(79-4)22-20-39)48(37-12-8-7-9-13-37)47(57(74)81-6)54(70)60(49,61)76/h7-9,12-23,30-32,47-48,50-54,58,67-70,76H,10-11,24-29,33-34H2,1-6H3,(H4-,62,63,64,66,71,72,73,75,77,78)/p+1/t47-,48?,50+,51+,52-,53+,54-,58?,60+,61+/m1/s1. The molecule has 1 saturated carbocycles. The number of esters is 1. The minimum absolute atomic E-state index is 0.00468. The van der Waals surface area contributed by atoms with Crippen molar-refractivity contribution in [2.45, 2.75) is 86.4 Å². The fourth-order valence-corrected chi connectivity index (χ4v) is 11.5. The number of ether oxygens (including phenoxy) is 8.